The second-order valence-electron chi connectivity index (χ2n) is 8.18. The van der Waals surface area contributed by atoms with Crippen molar-refractivity contribution >= 4 is 11.9 Å². The normalized spacial score (nSPS) is 21.6. The van der Waals surface area contributed by atoms with Gasteiger partial charge in [-0.05, 0) is 46.1 Å². The number of aliphatic imine (C=N–C) groups is 1. The Balaban J connectivity index is 1.78. The van der Waals surface area contributed by atoms with Gasteiger partial charge < -0.3 is 15.4 Å². The number of carbonyl (C=O) groups excluding carboxylic acids is 1. The van der Waals surface area contributed by atoms with Gasteiger partial charge >= 0.3 is 5.97 Å². The van der Waals surface area contributed by atoms with Crippen LogP contribution in [0.1, 0.15) is 46.1 Å². The number of likely N-dealkylation sites (tertiary alicyclic amines) is 1. The molecule has 2 unspecified atom stereocenters. The Labute approximate surface area is 163 Å². The summed E-state index contributed by atoms with van der Waals surface area (Å²) in [5, 5.41) is 6.50. The zero-order chi connectivity index (χ0) is 19.9. The molecule has 2 atom stereocenters. The fourth-order valence-electron chi connectivity index (χ4n) is 3.33. The molecule has 1 fully saturated rings. The molecule has 0 bridgehead atoms. The lowest BCUT2D eigenvalue weighted by molar-refractivity contribution is -0.153. The lowest BCUT2D eigenvalue weighted by atomic mass is 9.97. The van der Waals surface area contributed by atoms with E-state index in [1.165, 1.54) is 5.56 Å². The van der Waals surface area contributed by atoms with Crippen molar-refractivity contribution in [1.82, 2.24) is 15.5 Å². The molecule has 6 nitrogen and oxygen atoms in total. The number of nitrogens with one attached hydrogen (secondary N) is 2. The highest BCUT2D eigenvalue weighted by Gasteiger charge is 2.26. The van der Waals surface area contributed by atoms with Crippen LogP contribution in [0.2, 0.25) is 0 Å². The first-order valence-electron chi connectivity index (χ1n) is 9.74. The lowest BCUT2D eigenvalue weighted by Gasteiger charge is -2.38. The van der Waals surface area contributed by atoms with E-state index in [1.54, 1.807) is 7.05 Å². The number of guanidine groups is 1. The summed E-state index contributed by atoms with van der Waals surface area (Å²) in [7, 11) is 1.72. The van der Waals surface area contributed by atoms with E-state index >= 15 is 0 Å². The number of piperidine rings is 1. The Kier molecular flexibility index (Phi) is 7.66. The van der Waals surface area contributed by atoms with Crippen molar-refractivity contribution in [1.29, 1.82) is 0 Å². The molecule has 1 aliphatic rings. The van der Waals surface area contributed by atoms with Gasteiger partial charge in [-0.2, -0.15) is 0 Å². The molecule has 1 heterocycles. The van der Waals surface area contributed by atoms with E-state index in [-0.39, 0.29) is 12.5 Å². The fourth-order valence-corrected chi connectivity index (χ4v) is 3.33. The van der Waals surface area contributed by atoms with Gasteiger partial charge in [-0.15, -0.1) is 0 Å². The average Bonchev–Trinajstić information content (AvgIpc) is 2.60. The van der Waals surface area contributed by atoms with E-state index in [1.807, 2.05) is 20.8 Å². The Hall–Kier alpha value is -2.08. The average molecular weight is 375 g/mol. The van der Waals surface area contributed by atoms with Crippen molar-refractivity contribution in [2.45, 2.75) is 64.8 Å². The van der Waals surface area contributed by atoms with Gasteiger partial charge in [-0.25, -0.2) is 0 Å². The van der Waals surface area contributed by atoms with Crippen LogP contribution < -0.4 is 10.6 Å². The standard InChI is InChI=1S/C21H34N4O2/c1-16-13-18(11-12-25(16)15-17-9-7-6-8-10-17)24-20(22-5)23-14-19(26)27-21(2,3)4/h6-10,16,18H,11-15H2,1-5H3,(H2,22,23,24). The molecule has 6 heteroatoms. The van der Waals surface area contributed by atoms with Gasteiger partial charge in [-0.1, -0.05) is 30.3 Å². The number of hydrogen-bond donors (Lipinski definition) is 2. The maximum Gasteiger partial charge on any atom is 0.325 e. The predicted molar refractivity (Wildman–Crippen MR) is 110 cm³/mol. The van der Waals surface area contributed by atoms with Gasteiger partial charge in [0.1, 0.15) is 12.1 Å². The first-order chi connectivity index (χ1) is 12.8. The third-order valence-corrected chi connectivity index (χ3v) is 4.63. The molecule has 27 heavy (non-hydrogen) atoms. The smallest absolute Gasteiger partial charge is 0.325 e. The van der Waals surface area contributed by atoms with Crippen molar-refractivity contribution in [2.75, 3.05) is 20.1 Å². The minimum absolute atomic E-state index is 0.110. The van der Waals surface area contributed by atoms with E-state index in [0.717, 1.165) is 25.9 Å². The predicted octanol–water partition coefficient (Wildman–Crippen LogP) is 2.55. The third kappa shape index (κ3) is 7.59. The summed E-state index contributed by atoms with van der Waals surface area (Å²) in [6.07, 6.45) is 2.09. The molecular formula is C21H34N4O2. The number of esters is 1. The topological polar surface area (TPSA) is 66.0 Å². The number of nitrogens with zero attached hydrogens (tertiary/aromatic N) is 2. The molecule has 2 N–H and O–H groups in total. The third-order valence-electron chi connectivity index (χ3n) is 4.63. The molecule has 2 rings (SSSR count). The fraction of sp³-hybridized carbons (Fsp3) is 0.619. The number of hydrogen-bond acceptors (Lipinski definition) is 4. The Morgan fingerprint density at radius 2 is 2.00 bits per heavy atom. The molecule has 0 spiro atoms. The van der Waals surface area contributed by atoms with Crippen LogP contribution in [0.3, 0.4) is 0 Å². The Morgan fingerprint density at radius 3 is 2.59 bits per heavy atom. The van der Waals surface area contributed by atoms with Gasteiger partial charge in [0.15, 0.2) is 5.96 Å². The highest BCUT2D eigenvalue weighted by molar-refractivity contribution is 5.84. The van der Waals surface area contributed by atoms with Crippen LogP contribution in [0.4, 0.5) is 0 Å². The minimum Gasteiger partial charge on any atom is -0.459 e. The lowest BCUT2D eigenvalue weighted by Crippen LogP contribution is -2.52. The highest BCUT2D eigenvalue weighted by Crippen LogP contribution is 2.19. The first-order valence-corrected chi connectivity index (χ1v) is 9.74. The SMILES string of the molecule is CN=C(NCC(=O)OC(C)(C)C)NC1CCN(Cc2ccccc2)C(C)C1. The molecule has 0 amide bonds. The summed E-state index contributed by atoms with van der Waals surface area (Å²) in [6.45, 7) is 10.00. The zero-order valence-electron chi connectivity index (χ0n) is 17.3. The quantitative estimate of drug-likeness (QED) is 0.471. The van der Waals surface area contributed by atoms with Crippen LogP contribution in [0.5, 0.6) is 0 Å². The van der Waals surface area contributed by atoms with E-state index in [2.05, 4.69) is 57.8 Å². The molecule has 1 aromatic carbocycles. The maximum atomic E-state index is 11.9. The van der Waals surface area contributed by atoms with Crippen LogP contribution in [-0.2, 0) is 16.1 Å². The largest absolute Gasteiger partial charge is 0.459 e. The number of carbonyl (C=O) groups is 1. The zero-order valence-corrected chi connectivity index (χ0v) is 17.3. The minimum atomic E-state index is -0.475. The maximum absolute atomic E-state index is 11.9. The summed E-state index contributed by atoms with van der Waals surface area (Å²) in [4.78, 5) is 18.6. The van der Waals surface area contributed by atoms with Crippen LogP contribution in [0.15, 0.2) is 35.3 Å². The molecule has 1 saturated heterocycles. The monoisotopic (exact) mass is 374 g/mol. The summed E-state index contributed by atoms with van der Waals surface area (Å²) in [5.41, 5.74) is 0.877. The first kappa shape index (κ1) is 21.2. The Morgan fingerprint density at radius 1 is 1.30 bits per heavy atom. The summed E-state index contributed by atoms with van der Waals surface area (Å²) < 4.78 is 5.32. The number of rotatable bonds is 5. The highest BCUT2D eigenvalue weighted by atomic mass is 16.6. The molecule has 0 saturated carbocycles. The molecule has 150 valence electrons. The summed E-state index contributed by atoms with van der Waals surface area (Å²) >= 11 is 0. The Bertz CT molecular complexity index is 625. The van der Waals surface area contributed by atoms with Gasteiger partial charge in [0.25, 0.3) is 0 Å². The van der Waals surface area contributed by atoms with Gasteiger partial charge in [0, 0.05) is 32.2 Å². The van der Waals surface area contributed by atoms with Crippen molar-refractivity contribution < 1.29 is 9.53 Å². The number of benzene rings is 1. The van der Waals surface area contributed by atoms with E-state index < -0.39 is 5.60 Å². The summed E-state index contributed by atoms with van der Waals surface area (Å²) in [5.74, 6) is 0.367. The van der Waals surface area contributed by atoms with E-state index in [0.29, 0.717) is 18.0 Å². The van der Waals surface area contributed by atoms with Crippen molar-refractivity contribution in [3.8, 4) is 0 Å². The van der Waals surface area contributed by atoms with Gasteiger partial charge in [0.2, 0.25) is 0 Å². The van der Waals surface area contributed by atoms with E-state index in [4.69, 9.17) is 4.74 Å². The molecule has 1 aromatic rings. The van der Waals surface area contributed by atoms with Crippen molar-refractivity contribution in [3.05, 3.63) is 35.9 Å². The number of ether oxygens (including phenoxy) is 1. The van der Waals surface area contributed by atoms with Gasteiger partial charge in [0.05, 0.1) is 0 Å². The second-order valence-corrected chi connectivity index (χ2v) is 8.18. The van der Waals surface area contributed by atoms with Gasteiger partial charge in [-0.3, -0.25) is 14.7 Å². The van der Waals surface area contributed by atoms with Crippen LogP contribution in [0.25, 0.3) is 0 Å². The molecule has 0 aromatic heterocycles. The second kappa shape index (κ2) is 9.74. The molecule has 0 radical (unpaired) electrons. The van der Waals surface area contributed by atoms with Crippen LogP contribution >= 0.6 is 0 Å². The molecule has 1 aliphatic heterocycles. The van der Waals surface area contributed by atoms with Crippen molar-refractivity contribution in [3.63, 3.8) is 0 Å². The van der Waals surface area contributed by atoms with Crippen LogP contribution in [0, 0.1) is 0 Å². The van der Waals surface area contributed by atoms with E-state index in [9.17, 15) is 4.79 Å². The molecule has 0 aliphatic carbocycles. The van der Waals surface area contributed by atoms with Crippen LogP contribution in [-0.4, -0.2) is 54.7 Å². The summed E-state index contributed by atoms with van der Waals surface area (Å²) in [6, 6.07) is 11.4. The van der Waals surface area contributed by atoms with Crippen molar-refractivity contribution in [2.24, 2.45) is 4.99 Å². The molecular weight excluding hydrogens is 340 g/mol.